The molecule has 0 aromatic heterocycles. The van der Waals surface area contributed by atoms with Crippen molar-refractivity contribution in [1.29, 1.82) is 0 Å². The number of methoxy groups -OCH3 is 1. The van der Waals surface area contributed by atoms with Gasteiger partial charge in [-0.2, -0.15) is 0 Å². The Morgan fingerprint density at radius 3 is 2.53 bits per heavy atom. The molecule has 2 rings (SSSR count). The summed E-state index contributed by atoms with van der Waals surface area (Å²) in [5.74, 6) is 0.905. The topological polar surface area (TPSA) is 38.5 Å². The summed E-state index contributed by atoms with van der Waals surface area (Å²) in [4.78, 5) is 2.52. The minimum atomic E-state index is 0.0998. The van der Waals surface area contributed by atoms with E-state index in [2.05, 4.69) is 11.9 Å². The lowest BCUT2D eigenvalue weighted by Gasteiger charge is -2.50. The van der Waals surface area contributed by atoms with Gasteiger partial charge in [0.1, 0.15) is 0 Å². The Labute approximate surface area is 106 Å². The second kappa shape index (κ2) is 5.68. The lowest BCUT2D eigenvalue weighted by molar-refractivity contribution is -0.0730. The van der Waals surface area contributed by atoms with Crippen molar-refractivity contribution < 1.29 is 4.74 Å². The van der Waals surface area contributed by atoms with Gasteiger partial charge in [-0.25, -0.2) is 0 Å². The fraction of sp³-hybridized carbons (Fsp3) is 1.00. The molecule has 2 N–H and O–H groups in total. The van der Waals surface area contributed by atoms with Crippen molar-refractivity contribution in [2.45, 2.75) is 56.6 Å². The highest BCUT2D eigenvalue weighted by Gasteiger charge is 2.44. The van der Waals surface area contributed by atoms with Crippen LogP contribution in [0.5, 0.6) is 0 Å². The van der Waals surface area contributed by atoms with Gasteiger partial charge in [0.2, 0.25) is 0 Å². The number of likely N-dealkylation sites (N-methyl/N-ethyl adjacent to an activating group) is 1. The van der Waals surface area contributed by atoms with E-state index in [1.165, 1.54) is 51.5 Å². The van der Waals surface area contributed by atoms with Crippen LogP contribution in [0.4, 0.5) is 0 Å². The lowest BCUT2D eigenvalue weighted by Crippen LogP contribution is -2.62. The maximum Gasteiger partial charge on any atom is 0.0767 e. The van der Waals surface area contributed by atoms with Crippen LogP contribution >= 0.6 is 0 Å². The van der Waals surface area contributed by atoms with E-state index in [0.717, 1.165) is 12.5 Å². The molecular weight excluding hydrogens is 212 g/mol. The van der Waals surface area contributed by atoms with Crippen molar-refractivity contribution in [1.82, 2.24) is 4.90 Å². The first kappa shape index (κ1) is 13.3. The Bertz CT molecular complexity index is 242. The molecule has 0 radical (unpaired) electrons. The van der Waals surface area contributed by atoms with Crippen LogP contribution in [-0.2, 0) is 4.74 Å². The fourth-order valence-corrected chi connectivity index (χ4v) is 3.60. The zero-order chi connectivity index (χ0) is 12.3. The number of nitrogens with zero attached hydrogens (tertiary/aromatic N) is 1. The van der Waals surface area contributed by atoms with Crippen LogP contribution in [0.3, 0.4) is 0 Å². The predicted molar refractivity (Wildman–Crippen MR) is 71.0 cm³/mol. The van der Waals surface area contributed by atoms with E-state index in [4.69, 9.17) is 10.5 Å². The van der Waals surface area contributed by atoms with Crippen LogP contribution in [0.15, 0.2) is 0 Å². The Morgan fingerprint density at radius 1 is 1.24 bits per heavy atom. The standard InChI is InChI=1S/C14H28N2O/c1-16(10-12-6-5-7-12)14(11-15)9-4-3-8-13(14)17-2/h12-13H,3-11,15H2,1-2H3. The van der Waals surface area contributed by atoms with E-state index >= 15 is 0 Å². The molecule has 2 fully saturated rings. The molecule has 0 aliphatic heterocycles. The van der Waals surface area contributed by atoms with Gasteiger partial charge in [-0.3, -0.25) is 4.90 Å². The molecule has 0 aromatic rings. The van der Waals surface area contributed by atoms with Gasteiger partial charge in [-0.1, -0.05) is 19.3 Å². The molecule has 2 aliphatic rings. The summed E-state index contributed by atoms with van der Waals surface area (Å²) >= 11 is 0. The maximum atomic E-state index is 6.12. The van der Waals surface area contributed by atoms with Gasteiger partial charge in [0.25, 0.3) is 0 Å². The molecule has 0 aromatic carbocycles. The first-order valence-corrected chi connectivity index (χ1v) is 7.17. The molecular formula is C14H28N2O. The van der Waals surface area contributed by atoms with Crippen LogP contribution in [0.1, 0.15) is 44.9 Å². The largest absolute Gasteiger partial charge is 0.379 e. The van der Waals surface area contributed by atoms with Gasteiger partial charge < -0.3 is 10.5 Å². The van der Waals surface area contributed by atoms with Crippen LogP contribution in [0, 0.1) is 5.92 Å². The second-order valence-corrected chi connectivity index (χ2v) is 5.96. The van der Waals surface area contributed by atoms with Crippen molar-refractivity contribution >= 4 is 0 Å². The monoisotopic (exact) mass is 240 g/mol. The molecule has 100 valence electrons. The first-order valence-electron chi connectivity index (χ1n) is 7.17. The Balaban J connectivity index is 2.03. The molecule has 0 heterocycles. The SMILES string of the molecule is COC1CCCCC1(CN)N(C)CC1CCC1. The van der Waals surface area contributed by atoms with E-state index in [9.17, 15) is 0 Å². The van der Waals surface area contributed by atoms with Crippen LogP contribution < -0.4 is 5.73 Å². The van der Waals surface area contributed by atoms with Crippen molar-refractivity contribution in [2.75, 3.05) is 27.2 Å². The normalized spacial score (nSPS) is 34.9. The summed E-state index contributed by atoms with van der Waals surface area (Å²) < 4.78 is 5.73. The highest BCUT2D eigenvalue weighted by atomic mass is 16.5. The molecule has 0 spiro atoms. The number of rotatable bonds is 5. The Kier molecular flexibility index (Phi) is 4.45. The van der Waals surface area contributed by atoms with Crippen molar-refractivity contribution in [3.05, 3.63) is 0 Å². The third-order valence-electron chi connectivity index (χ3n) is 5.08. The first-order chi connectivity index (χ1) is 8.23. The summed E-state index contributed by atoms with van der Waals surface area (Å²) in [6.45, 7) is 1.94. The third-order valence-corrected chi connectivity index (χ3v) is 5.08. The average Bonchev–Trinajstić information content (AvgIpc) is 2.33. The van der Waals surface area contributed by atoms with Gasteiger partial charge in [0, 0.05) is 20.2 Å². The number of nitrogens with two attached hydrogens (primary N) is 1. The van der Waals surface area contributed by atoms with Gasteiger partial charge in [-0.05, 0) is 38.6 Å². The van der Waals surface area contributed by atoms with Gasteiger partial charge in [-0.15, -0.1) is 0 Å². The van der Waals surface area contributed by atoms with Crippen molar-refractivity contribution in [2.24, 2.45) is 11.7 Å². The van der Waals surface area contributed by atoms with Gasteiger partial charge in [0.15, 0.2) is 0 Å². The highest BCUT2D eigenvalue weighted by molar-refractivity contribution is 5.00. The smallest absolute Gasteiger partial charge is 0.0767 e. The third kappa shape index (κ3) is 2.51. The molecule has 17 heavy (non-hydrogen) atoms. The molecule has 2 unspecified atom stereocenters. The van der Waals surface area contributed by atoms with E-state index in [0.29, 0.717) is 6.10 Å². The van der Waals surface area contributed by atoms with E-state index in [1.807, 2.05) is 7.11 Å². The van der Waals surface area contributed by atoms with Crippen molar-refractivity contribution in [3.63, 3.8) is 0 Å². The van der Waals surface area contributed by atoms with Crippen LogP contribution in [0.2, 0.25) is 0 Å². The lowest BCUT2D eigenvalue weighted by atomic mass is 9.76. The second-order valence-electron chi connectivity index (χ2n) is 5.96. The van der Waals surface area contributed by atoms with Crippen molar-refractivity contribution in [3.8, 4) is 0 Å². The zero-order valence-corrected chi connectivity index (χ0v) is 11.5. The van der Waals surface area contributed by atoms with E-state index in [-0.39, 0.29) is 5.54 Å². The summed E-state index contributed by atoms with van der Waals surface area (Å²) in [7, 11) is 4.10. The molecule has 3 nitrogen and oxygen atoms in total. The minimum Gasteiger partial charge on any atom is -0.379 e. The molecule has 0 bridgehead atoms. The van der Waals surface area contributed by atoms with E-state index < -0.39 is 0 Å². The average molecular weight is 240 g/mol. The maximum absolute atomic E-state index is 6.12. The number of hydrogen-bond acceptors (Lipinski definition) is 3. The zero-order valence-electron chi connectivity index (χ0n) is 11.5. The van der Waals surface area contributed by atoms with Crippen LogP contribution in [-0.4, -0.2) is 43.8 Å². The summed E-state index contributed by atoms with van der Waals surface area (Å²) in [5.41, 5.74) is 6.22. The summed E-state index contributed by atoms with van der Waals surface area (Å²) in [6.07, 6.45) is 9.51. The van der Waals surface area contributed by atoms with Crippen LogP contribution in [0.25, 0.3) is 0 Å². The molecule has 3 heteroatoms. The number of hydrogen-bond donors (Lipinski definition) is 1. The van der Waals surface area contributed by atoms with E-state index in [1.54, 1.807) is 0 Å². The predicted octanol–water partition coefficient (Wildman–Crippen LogP) is 2.00. The quantitative estimate of drug-likeness (QED) is 0.799. The summed E-state index contributed by atoms with van der Waals surface area (Å²) in [6, 6.07) is 0. The Hall–Kier alpha value is -0.120. The van der Waals surface area contributed by atoms with Gasteiger partial charge in [0.05, 0.1) is 11.6 Å². The molecule has 2 aliphatic carbocycles. The highest BCUT2D eigenvalue weighted by Crippen LogP contribution is 2.36. The molecule has 0 amide bonds. The Morgan fingerprint density at radius 2 is 2.00 bits per heavy atom. The molecule has 2 atom stereocenters. The fourth-order valence-electron chi connectivity index (χ4n) is 3.60. The number of ether oxygens (including phenoxy) is 1. The summed E-state index contributed by atoms with van der Waals surface area (Å²) in [5, 5.41) is 0. The minimum absolute atomic E-state index is 0.0998. The molecule has 2 saturated carbocycles. The van der Waals surface area contributed by atoms with Gasteiger partial charge >= 0.3 is 0 Å². The molecule has 0 saturated heterocycles.